The Morgan fingerprint density at radius 1 is 1.32 bits per heavy atom. The molecule has 1 N–H and O–H groups in total. The van der Waals surface area contributed by atoms with Crippen LogP contribution >= 0.6 is 11.6 Å². The number of nitrogens with one attached hydrogen (secondary N) is 1. The number of nitrogens with zero attached hydrogens (tertiary/aromatic N) is 2. The lowest BCUT2D eigenvalue weighted by atomic mass is 10.2. The number of aromatic nitrogens is 2. The zero-order valence-corrected chi connectivity index (χ0v) is 12.7. The number of ether oxygens (including phenoxy) is 1. The molecule has 0 bridgehead atoms. The molecular formula is C16H14ClN3O2. The van der Waals surface area contributed by atoms with E-state index in [2.05, 4.69) is 10.4 Å². The number of rotatable bonds is 4. The van der Waals surface area contributed by atoms with Gasteiger partial charge in [-0.1, -0.05) is 29.8 Å². The summed E-state index contributed by atoms with van der Waals surface area (Å²) in [5.74, 6) is 0.359. The Bertz CT molecular complexity index is 829. The van der Waals surface area contributed by atoms with Crippen molar-refractivity contribution < 1.29 is 9.53 Å². The van der Waals surface area contributed by atoms with Crippen molar-refractivity contribution in [3.8, 4) is 5.75 Å². The molecule has 1 heterocycles. The Labute approximate surface area is 132 Å². The number of halogens is 1. The Morgan fingerprint density at radius 2 is 2.14 bits per heavy atom. The molecule has 1 aromatic heterocycles. The standard InChI is InChI=1S/C16H14ClN3O2/c1-22-15-7-6-12(17)8-13(15)19-16(21)10-20-14-5-3-2-4-11(14)9-18-20/h2-9H,10H2,1H3,(H,19,21). The molecule has 0 radical (unpaired) electrons. The molecule has 0 unspecified atom stereocenters. The van der Waals surface area contributed by atoms with Crippen LogP contribution in [0.1, 0.15) is 0 Å². The maximum atomic E-state index is 12.2. The topological polar surface area (TPSA) is 56.1 Å². The third kappa shape index (κ3) is 2.89. The van der Waals surface area contributed by atoms with Crippen molar-refractivity contribution in [2.24, 2.45) is 0 Å². The molecule has 2 aromatic carbocycles. The summed E-state index contributed by atoms with van der Waals surface area (Å²) in [5.41, 5.74) is 1.45. The lowest BCUT2D eigenvalue weighted by Gasteiger charge is -2.11. The van der Waals surface area contributed by atoms with Gasteiger partial charge in [0.25, 0.3) is 0 Å². The van der Waals surface area contributed by atoms with Crippen LogP contribution in [0.25, 0.3) is 10.9 Å². The van der Waals surface area contributed by atoms with Crippen molar-refractivity contribution in [3.63, 3.8) is 0 Å². The summed E-state index contributed by atoms with van der Waals surface area (Å²) in [5, 5.41) is 8.56. The van der Waals surface area contributed by atoms with Gasteiger partial charge in [-0.3, -0.25) is 9.48 Å². The monoisotopic (exact) mass is 315 g/mol. The molecule has 22 heavy (non-hydrogen) atoms. The first-order chi connectivity index (χ1) is 10.7. The highest BCUT2D eigenvalue weighted by Gasteiger charge is 2.11. The highest BCUT2D eigenvalue weighted by Crippen LogP contribution is 2.27. The van der Waals surface area contributed by atoms with Crippen molar-refractivity contribution in [1.82, 2.24) is 9.78 Å². The first-order valence-corrected chi connectivity index (χ1v) is 7.09. The first-order valence-electron chi connectivity index (χ1n) is 6.71. The molecule has 5 nitrogen and oxygen atoms in total. The van der Waals surface area contributed by atoms with E-state index in [0.717, 1.165) is 10.9 Å². The third-order valence-corrected chi connectivity index (χ3v) is 3.52. The number of hydrogen-bond donors (Lipinski definition) is 1. The molecule has 112 valence electrons. The molecule has 0 saturated heterocycles. The Balaban J connectivity index is 1.79. The van der Waals surface area contributed by atoms with Crippen LogP contribution < -0.4 is 10.1 Å². The average molecular weight is 316 g/mol. The number of para-hydroxylation sites is 1. The van der Waals surface area contributed by atoms with Gasteiger partial charge in [-0.15, -0.1) is 0 Å². The summed E-state index contributed by atoms with van der Waals surface area (Å²) >= 11 is 5.95. The van der Waals surface area contributed by atoms with Crippen LogP contribution in [0.3, 0.4) is 0 Å². The van der Waals surface area contributed by atoms with E-state index in [1.54, 1.807) is 36.2 Å². The molecule has 0 atom stereocenters. The van der Waals surface area contributed by atoms with Crippen molar-refractivity contribution in [3.05, 3.63) is 53.7 Å². The summed E-state index contributed by atoms with van der Waals surface area (Å²) in [4.78, 5) is 12.2. The Hall–Kier alpha value is -2.53. The summed E-state index contributed by atoms with van der Waals surface area (Å²) in [7, 11) is 1.54. The lowest BCUT2D eigenvalue weighted by Crippen LogP contribution is -2.19. The molecule has 6 heteroatoms. The molecule has 0 fully saturated rings. The lowest BCUT2D eigenvalue weighted by molar-refractivity contribution is -0.116. The second-order valence-corrected chi connectivity index (χ2v) is 5.19. The third-order valence-electron chi connectivity index (χ3n) is 3.28. The Kier molecular flexibility index (Phi) is 3.98. The van der Waals surface area contributed by atoms with Gasteiger partial charge >= 0.3 is 0 Å². The summed E-state index contributed by atoms with van der Waals surface area (Å²) < 4.78 is 6.87. The van der Waals surface area contributed by atoms with Crippen LogP contribution in [0.5, 0.6) is 5.75 Å². The number of methoxy groups -OCH3 is 1. The van der Waals surface area contributed by atoms with Gasteiger partial charge in [0.15, 0.2) is 0 Å². The second kappa shape index (κ2) is 6.07. The number of anilines is 1. The minimum absolute atomic E-state index is 0.114. The van der Waals surface area contributed by atoms with E-state index in [1.807, 2.05) is 24.3 Å². The normalized spacial score (nSPS) is 10.6. The fourth-order valence-corrected chi connectivity index (χ4v) is 2.43. The average Bonchev–Trinajstić information content (AvgIpc) is 2.91. The van der Waals surface area contributed by atoms with Gasteiger partial charge in [-0.05, 0) is 24.3 Å². The predicted octanol–water partition coefficient (Wildman–Crippen LogP) is 3.34. The number of hydrogen-bond acceptors (Lipinski definition) is 3. The first kappa shape index (κ1) is 14.4. The minimum atomic E-state index is -0.200. The number of carbonyl (C=O) groups is 1. The van der Waals surface area contributed by atoms with Crippen molar-refractivity contribution in [2.45, 2.75) is 6.54 Å². The maximum absolute atomic E-state index is 12.2. The van der Waals surface area contributed by atoms with E-state index in [1.165, 1.54) is 0 Å². The zero-order chi connectivity index (χ0) is 15.5. The fraction of sp³-hybridized carbons (Fsp3) is 0.125. The number of benzene rings is 2. The van der Waals surface area contributed by atoms with Crippen molar-refractivity contribution in [1.29, 1.82) is 0 Å². The van der Waals surface area contributed by atoms with E-state index in [-0.39, 0.29) is 12.5 Å². The number of fused-ring (bicyclic) bond motifs is 1. The van der Waals surface area contributed by atoms with Crippen LogP contribution in [0.2, 0.25) is 5.02 Å². The summed E-state index contributed by atoms with van der Waals surface area (Å²) in [6.07, 6.45) is 1.74. The van der Waals surface area contributed by atoms with Gasteiger partial charge in [0.2, 0.25) is 5.91 Å². The highest BCUT2D eigenvalue weighted by molar-refractivity contribution is 6.31. The predicted molar refractivity (Wildman–Crippen MR) is 86.4 cm³/mol. The van der Waals surface area contributed by atoms with Gasteiger partial charge in [0.1, 0.15) is 12.3 Å². The molecular weight excluding hydrogens is 302 g/mol. The van der Waals surface area contributed by atoms with Crippen LogP contribution in [0, 0.1) is 0 Å². The fourth-order valence-electron chi connectivity index (χ4n) is 2.26. The molecule has 0 aliphatic heterocycles. The zero-order valence-electron chi connectivity index (χ0n) is 11.9. The largest absolute Gasteiger partial charge is 0.495 e. The van der Waals surface area contributed by atoms with Gasteiger partial charge < -0.3 is 10.1 Å². The maximum Gasteiger partial charge on any atom is 0.246 e. The van der Waals surface area contributed by atoms with Gasteiger partial charge in [-0.2, -0.15) is 5.10 Å². The van der Waals surface area contributed by atoms with E-state index < -0.39 is 0 Å². The molecule has 0 aliphatic rings. The van der Waals surface area contributed by atoms with Crippen LogP contribution in [-0.4, -0.2) is 22.8 Å². The smallest absolute Gasteiger partial charge is 0.246 e. The van der Waals surface area contributed by atoms with Crippen molar-refractivity contribution >= 4 is 34.1 Å². The van der Waals surface area contributed by atoms with E-state index in [0.29, 0.717) is 16.5 Å². The van der Waals surface area contributed by atoms with Gasteiger partial charge in [0.05, 0.1) is 24.5 Å². The molecule has 3 rings (SSSR count). The number of amides is 1. The SMILES string of the molecule is COc1ccc(Cl)cc1NC(=O)Cn1ncc2ccccc21. The molecule has 3 aromatic rings. The second-order valence-electron chi connectivity index (χ2n) is 4.75. The van der Waals surface area contributed by atoms with Crippen LogP contribution in [0.15, 0.2) is 48.7 Å². The van der Waals surface area contributed by atoms with E-state index in [9.17, 15) is 4.79 Å². The highest BCUT2D eigenvalue weighted by atomic mass is 35.5. The van der Waals surface area contributed by atoms with E-state index in [4.69, 9.17) is 16.3 Å². The Morgan fingerprint density at radius 3 is 2.95 bits per heavy atom. The van der Waals surface area contributed by atoms with Gasteiger partial charge in [-0.25, -0.2) is 0 Å². The number of carbonyl (C=O) groups excluding carboxylic acids is 1. The quantitative estimate of drug-likeness (QED) is 0.803. The van der Waals surface area contributed by atoms with Crippen LogP contribution in [-0.2, 0) is 11.3 Å². The molecule has 0 aliphatic carbocycles. The summed E-state index contributed by atoms with van der Waals surface area (Å²) in [6.45, 7) is 0.114. The summed E-state index contributed by atoms with van der Waals surface area (Å²) in [6, 6.07) is 12.8. The van der Waals surface area contributed by atoms with Crippen molar-refractivity contribution in [2.75, 3.05) is 12.4 Å². The minimum Gasteiger partial charge on any atom is -0.495 e. The molecule has 1 amide bonds. The molecule has 0 spiro atoms. The molecule has 0 saturated carbocycles. The van der Waals surface area contributed by atoms with E-state index >= 15 is 0 Å². The van der Waals surface area contributed by atoms with Crippen LogP contribution in [0.4, 0.5) is 5.69 Å². The van der Waals surface area contributed by atoms with Gasteiger partial charge in [0, 0.05) is 10.4 Å².